The third kappa shape index (κ3) is 2.19. The Hall–Kier alpha value is -1.93. The van der Waals surface area contributed by atoms with Gasteiger partial charge in [0.25, 0.3) is 0 Å². The first kappa shape index (κ1) is 15.0. The Labute approximate surface area is 129 Å². The lowest BCUT2D eigenvalue weighted by atomic mass is 10.2. The van der Waals surface area contributed by atoms with Crippen LogP contribution in [0.1, 0.15) is 0 Å². The summed E-state index contributed by atoms with van der Waals surface area (Å²) in [6.45, 7) is 0. The number of nitrogens with zero attached hydrogens (tertiary/aromatic N) is 3. The van der Waals surface area contributed by atoms with Crippen molar-refractivity contribution in [2.24, 2.45) is 0 Å². The highest BCUT2D eigenvalue weighted by atomic mass is 32.1. The van der Waals surface area contributed by atoms with Gasteiger partial charge in [0, 0.05) is 12.5 Å². The molecule has 0 bridgehead atoms. The van der Waals surface area contributed by atoms with E-state index < -0.39 is 7.60 Å². The first-order valence-corrected chi connectivity index (χ1v) is 8.65. The van der Waals surface area contributed by atoms with Crippen molar-refractivity contribution in [1.82, 2.24) is 9.61 Å². The third-order valence-electron chi connectivity index (χ3n) is 3.18. The first-order valence-electron chi connectivity index (χ1n) is 6.19. The second-order valence-corrected chi connectivity index (χ2v) is 7.09. The van der Waals surface area contributed by atoms with E-state index in [4.69, 9.17) is 10.6 Å². The number of ether oxygens (including phenoxy) is 1. The Kier molecular flexibility index (Phi) is 3.65. The Balaban J connectivity index is 2.25. The molecule has 0 saturated heterocycles. The molecule has 3 aromatic rings. The predicted molar refractivity (Wildman–Crippen MR) is 81.9 cm³/mol. The Morgan fingerprint density at radius 3 is 2.82 bits per heavy atom. The Morgan fingerprint density at radius 2 is 2.14 bits per heavy atom. The van der Waals surface area contributed by atoms with Crippen LogP contribution in [0.4, 0.5) is 0 Å². The SMILES string of the molecule is COc1ccccc1-c1nn2c(P(=O)(O)OC)csc2[n+]1N. The maximum atomic E-state index is 12.0. The van der Waals surface area contributed by atoms with Crippen molar-refractivity contribution in [2.75, 3.05) is 20.1 Å². The highest BCUT2D eigenvalue weighted by molar-refractivity contribution is 7.61. The largest absolute Gasteiger partial charge is 0.496 e. The second-order valence-electron chi connectivity index (χ2n) is 4.39. The molecule has 2 heterocycles. The van der Waals surface area contributed by atoms with Gasteiger partial charge in [0.2, 0.25) is 5.44 Å². The summed E-state index contributed by atoms with van der Waals surface area (Å²) in [4.78, 5) is 10.4. The minimum atomic E-state index is -3.93. The molecule has 1 aromatic carbocycles. The van der Waals surface area contributed by atoms with Gasteiger partial charge in [0.1, 0.15) is 5.75 Å². The van der Waals surface area contributed by atoms with Crippen LogP contribution >= 0.6 is 18.9 Å². The molecule has 8 nitrogen and oxygen atoms in total. The smallest absolute Gasteiger partial charge is 0.394 e. The zero-order valence-corrected chi connectivity index (χ0v) is 13.5. The van der Waals surface area contributed by atoms with E-state index in [0.29, 0.717) is 22.1 Å². The van der Waals surface area contributed by atoms with Gasteiger partial charge in [0.05, 0.1) is 17.8 Å². The average Bonchev–Trinajstić information content (AvgIpc) is 3.08. The fourth-order valence-electron chi connectivity index (χ4n) is 2.08. The standard InChI is InChI=1S/C12H13N4O4PS/c1-19-9-6-4-3-5-8(9)11-14-16-10(21(17,18)20-2)7-22-12(16)15(11)13/h3-7H,13H2,1-2H3/p+1. The van der Waals surface area contributed by atoms with Gasteiger partial charge in [-0.15, -0.1) is 4.68 Å². The predicted octanol–water partition coefficient (Wildman–Crippen LogP) is 0.530. The Morgan fingerprint density at radius 1 is 1.41 bits per heavy atom. The van der Waals surface area contributed by atoms with E-state index >= 15 is 0 Å². The van der Waals surface area contributed by atoms with Crippen LogP contribution in [0.3, 0.4) is 0 Å². The maximum Gasteiger partial charge on any atom is 0.394 e. The van der Waals surface area contributed by atoms with Gasteiger partial charge in [-0.05, 0) is 12.1 Å². The average molecular weight is 341 g/mol. The van der Waals surface area contributed by atoms with Gasteiger partial charge >= 0.3 is 18.4 Å². The van der Waals surface area contributed by atoms with Crippen molar-refractivity contribution in [2.45, 2.75) is 0 Å². The maximum absolute atomic E-state index is 12.0. The number of benzene rings is 1. The van der Waals surface area contributed by atoms with E-state index in [-0.39, 0.29) is 5.44 Å². The molecule has 10 heteroatoms. The van der Waals surface area contributed by atoms with Crippen molar-refractivity contribution in [3.63, 3.8) is 0 Å². The lowest BCUT2D eigenvalue weighted by Crippen LogP contribution is -2.45. The van der Waals surface area contributed by atoms with Crippen molar-refractivity contribution in [3.05, 3.63) is 29.6 Å². The van der Waals surface area contributed by atoms with Gasteiger partial charge in [-0.25, -0.2) is 0 Å². The number of thiazole rings is 1. The number of methoxy groups -OCH3 is 1. The zero-order valence-electron chi connectivity index (χ0n) is 11.8. The molecular weight excluding hydrogens is 327 g/mol. The van der Waals surface area contributed by atoms with Crippen LogP contribution < -0.4 is 20.7 Å². The van der Waals surface area contributed by atoms with Gasteiger partial charge in [-0.2, -0.15) is 0 Å². The zero-order chi connectivity index (χ0) is 15.9. The van der Waals surface area contributed by atoms with Crippen molar-refractivity contribution in [3.8, 4) is 17.1 Å². The van der Waals surface area contributed by atoms with Crippen LogP contribution in [0, 0.1) is 0 Å². The van der Waals surface area contributed by atoms with Crippen molar-refractivity contribution >= 4 is 29.3 Å². The number of hydrogen-bond donors (Lipinski definition) is 2. The molecule has 22 heavy (non-hydrogen) atoms. The monoisotopic (exact) mass is 341 g/mol. The highest BCUT2D eigenvalue weighted by Crippen LogP contribution is 2.40. The summed E-state index contributed by atoms with van der Waals surface area (Å²) in [5.41, 5.74) is 0.745. The minimum absolute atomic E-state index is 0.0651. The first-order chi connectivity index (χ1) is 10.5. The number of hydrogen-bond acceptors (Lipinski definition) is 6. The molecule has 0 saturated carbocycles. The summed E-state index contributed by atoms with van der Waals surface area (Å²) in [5.74, 6) is 7.09. The molecule has 116 valence electrons. The number of fused-ring (bicyclic) bond motifs is 1. The molecule has 0 aliphatic rings. The number of para-hydroxylation sites is 1. The topological polar surface area (TPSA) is 103 Å². The van der Waals surface area contributed by atoms with Crippen LogP contribution in [0.2, 0.25) is 0 Å². The molecule has 0 spiro atoms. The van der Waals surface area contributed by atoms with Crippen LogP contribution in [-0.4, -0.2) is 28.7 Å². The molecular formula is C12H14N4O4PS+. The summed E-state index contributed by atoms with van der Waals surface area (Å²) < 4.78 is 24.7. The van der Waals surface area contributed by atoms with Gasteiger partial charge in [0.15, 0.2) is 0 Å². The van der Waals surface area contributed by atoms with Gasteiger partial charge in [-0.3, -0.25) is 10.4 Å². The van der Waals surface area contributed by atoms with Crippen LogP contribution in [0.15, 0.2) is 29.6 Å². The van der Waals surface area contributed by atoms with Crippen LogP contribution in [-0.2, 0) is 9.09 Å². The number of nitrogen functional groups attached to an aromatic ring is 1. The Bertz CT molecular complexity index is 891. The molecule has 0 radical (unpaired) electrons. The highest BCUT2D eigenvalue weighted by Gasteiger charge is 2.35. The normalized spacial score (nSPS) is 14.1. The summed E-state index contributed by atoms with van der Waals surface area (Å²) in [6, 6.07) is 7.26. The second kappa shape index (κ2) is 5.36. The molecule has 3 N–H and O–H groups in total. The number of aromatic nitrogens is 3. The van der Waals surface area contributed by atoms with E-state index in [1.165, 1.54) is 33.0 Å². The molecule has 0 aliphatic heterocycles. The van der Waals surface area contributed by atoms with E-state index in [9.17, 15) is 9.46 Å². The minimum Gasteiger partial charge on any atom is -0.496 e. The molecule has 0 aliphatic carbocycles. The van der Waals surface area contributed by atoms with Crippen molar-refractivity contribution < 1.29 is 23.4 Å². The lowest BCUT2D eigenvalue weighted by Gasteiger charge is -2.03. The summed E-state index contributed by atoms with van der Waals surface area (Å²) in [7, 11) is -1.21. The van der Waals surface area contributed by atoms with E-state index in [1.807, 2.05) is 18.2 Å². The fourth-order valence-corrected chi connectivity index (χ4v) is 4.16. The van der Waals surface area contributed by atoms with Gasteiger partial charge in [-0.1, -0.05) is 28.0 Å². The number of nitrogens with two attached hydrogens (primary N) is 1. The van der Waals surface area contributed by atoms with Gasteiger partial charge < -0.3 is 14.2 Å². The fraction of sp³-hybridized carbons (Fsp3) is 0.167. The van der Waals surface area contributed by atoms with E-state index in [0.717, 1.165) is 0 Å². The van der Waals surface area contributed by atoms with Crippen molar-refractivity contribution in [1.29, 1.82) is 0 Å². The molecule has 2 aromatic heterocycles. The lowest BCUT2D eigenvalue weighted by molar-refractivity contribution is -0.598. The van der Waals surface area contributed by atoms with E-state index in [1.54, 1.807) is 13.2 Å². The molecule has 0 fully saturated rings. The molecule has 3 rings (SSSR count). The summed E-state index contributed by atoms with van der Waals surface area (Å²) >= 11 is 1.20. The quantitative estimate of drug-likeness (QED) is 0.408. The van der Waals surface area contributed by atoms with E-state index in [2.05, 4.69) is 9.62 Å². The summed E-state index contributed by atoms with van der Waals surface area (Å²) in [5, 5.41) is 5.84. The van der Waals surface area contributed by atoms with Crippen LogP contribution in [0.25, 0.3) is 16.3 Å². The number of rotatable bonds is 4. The summed E-state index contributed by atoms with van der Waals surface area (Å²) in [6.07, 6.45) is 0. The van der Waals surface area contributed by atoms with Crippen LogP contribution in [0.5, 0.6) is 5.75 Å². The molecule has 1 atom stereocenters. The molecule has 0 amide bonds. The third-order valence-corrected chi connectivity index (χ3v) is 5.67. The molecule has 1 unspecified atom stereocenters.